The highest BCUT2D eigenvalue weighted by Crippen LogP contribution is 2.22. The Morgan fingerprint density at radius 1 is 1.25 bits per heavy atom. The molecule has 2 heterocycles. The van der Waals surface area contributed by atoms with Crippen molar-refractivity contribution in [2.75, 3.05) is 0 Å². The quantitative estimate of drug-likeness (QED) is 0.812. The molecule has 0 aromatic carbocycles. The highest BCUT2D eigenvalue weighted by atomic mass is 79.9. The summed E-state index contributed by atoms with van der Waals surface area (Å²) >= 11 is 3.19. The van der Waals surface area contributed by atoms with E-state index in [1.54, 1.807) is 0 Å². The summed E-state index contributed by atoms with van der Waals surface area (Å²) in [4.78, 5) is 7.91. The second-order valence-corrected chi connectivity index (χ2v) is 3.33. The molecule has 0 atom stereocenters. The van der Waals surface area contributed by atoms with Crippen molar-refractivity contribution in [3.63, 3.8) is 0 Å². The molecule has 0 aliphatic heterocycles. The van der Waals surface area contributed by atoms with Gasteiger partial charge in [-0.2, -0.15) is 8.78 Å². The van der Waals surface area contributed by atoms with Crippen LogP contribution in [0.4, 0.5) is 8.78 Å². The van der Waals surface area contributed by atoms with Gasteiger partial charge >= 0.3 is 6.43 Å². The van der Waals surface area contributed by atoms with Gasteiger partial charge in [-0.3, -0.25) is 0 Å². The van der Waals surface area contributed by atoms with E-state index < -0.39 is 12.3 Å². The molecule has 0 N–H and O–H groups in total. The van der Waals surface area contributed by atoms with Gasteiger partial charge in [0.05, 0.1) is 10.9 Å². The fraction of sp³-hybridized carbons (Fsp3) is 0.250. The van der Waals surface area contributed by atoms with Crippen molar-refractivity contribution in [2.24, 2.45) is 0 Å². The van der Waals surface area contributed by atoms with Crippen LogP contribution in [0, 0.1) is 0 Å². The average Bonchev–Trinajstić information content (AvgIpc) is 2.78. The van der Waals surface area contributed by atoms with Crippen LogP contribution in [0.25, 0.3) is 11.5 Å². The second-order valence-electron chi connectivity index (χ2n) is 2.77. The van der Waals surface area contributed by atoms with Gasteiger partial charge in [0, 0.05) is 12.4 Å². The molecular formula is C8H5BrF2N4O. The lowest BCUT2D eigenvalue weighted by molar-refractivity contribution is 0.116. The zero-order valence-corrected chi connectivity index (χ0v) is 9.36. The number of rotatable bonds is 3. The number of nitrogens with zero attached hydrogens (tertiary/aromatic N) is 4. The minimum Gasteiger partial charge on any atom is -0.415 e. The van der Waals surface area contributed by atoms with E-state index in [-0.39, 0.29) is 5.89 Å². The Labute approximate surface area is 97.1 Å². The third-order valence-corrected chi connectivity index (χ3v) is 2.20. The van der Waals surface area contributed by atoms with E-state index in [4.69, 9.17) is 4.42 Å². The number of hydrogen-bond donors (Lipinski definition) is 0. The predicted octanol–water partition coefficient (Wildman–Crippen LogP) is 2.36. The van der Waals surface area contributed by atoms with E-state index in [1.807, 2.05) is 0 Å². The molecular weight excluding hydrogens is 286 g/mol. The molecule has 0 unspecified atom stereocenters. The fourth-order valence-corrected chi connectivity index (χ4v) is 1.26. The first kappa shape index (κ1) is 11.1. The Bertz CT molecular complexity index is 473. The van der Waals surface area contributed by atoms with Crippen molar-refractivity contribution >= 4 is 15.9 Å². The average molecular weight is 291 g/mol. The van der Waals surface area contributed by atoms with E-state index in [1.165, 1.54) is 12.4 Å². The Kier molecular flexibility index (Phi) is 3.18. The van der Waals surface area contributed by atoms with Crippen LogP contribution in [0.15, 0.2) is 16.8 Å². The first-order chi connectivity index (χ1) is 7.70. The first-order valence-corrected chi connectivity index (χ1v) is 5.31. The van der Waals surface area contributed by atoms with Crippen LogP contribution >= 0.6 is 15.9 Å². The maximum Gasteiger partial charge on any atom is 0.314 e. The van der Waals surface area contributed by atoms with Gasteiger partial charge < -0.3 is 4.42 Å². The summed E-state index contributed by atoms with van der Waals surface area (Å²) in [6.07, 6.45) is 0.0996. The lowest BCUT2D eigenvalue weighted by Crippen LogP contribution is -1.90. The summed E-state index contributed by atoms with van der Waals surface area (Å²) in [6, 6.07) is 0. The molecule has 0 radical (unpaired) electrons. The van der Waals surface area contributed by atoms with E-state index in [2.05, 4.69) is 36.1 Å². The van der Waals surface area contributed by atoms with Crippen molar-refractivity contribution < 1.29 is 13.2 Å². The molecule has 0 aliphatic carbocycles. The number of aromatic nitrogens is 4. The molecule has 2 rings (SSSR count). The lowest BCUT2D eigenvalue weighted by Gasteiger charge is -1.95. The highest BCUT2D eigenvalue weighted by Gasteiger charge is 2.17. The van der Waals surface area contributed by atoms with Crippen LogP contribution < -0.4 is 0 Å². The Morgan fingerprint density at radius 2 is 1.94 bits per heavy atom. The van der Waals surface area contributed by atoms with E-state index in [0.29, 0.717) is 16.7 Å². The van der Waals surface area contributed by atoms with Gasteiger partial charge in [-0.1, -0.05) is 15.9 Å². The van der Waals surface area contributed by atoms with Crippen LogP contribution in [-0.4, -0.2) is 20.2 Å². The third kappa shape index (κ3) is 2.21. The molecule has 2 aromatic rings. The maximum absolute atomic E-state index is 12.2. The summed E-state index contributed by atoms with van der Waals surface area (Å²) < 4.78 is 29.1. The molecule has 0 saturated carbocycles. The summed E-state index contributed by atoms with van der Waals surface area (Å²) in [6.45, 7) is 0. The number of halogens is 3. The minimum atomic E-state index is -2.77. The molecule has 0 aliphatic rings. The molecule has 0 fully saturated rings. The molecule has 2 aromatic heterocycles. The van der Waals surface area contributed by atoms with Crippen LogP contribution in [0.2, 0.25) is 0 Å². The largest absolute Gasteiger partial charge is 0.415 e. The zero-order chi connectivity index (χ0) is 11.5. The Morgan fingerprint density at radius 3 is 2.44 bits per heavy atom. The zero-order valence-electron chi connectivity index (χ0n) is 7.77. The van der Waals surface area contributed by atoms with E-state index >= 15 is 0 Å². The van der Waals surface area contributed by atoms with Gasteiger partial charge in [-0.05, 0) is 0 Å². The molecule has 16 heavy (non-hydrogen) atoms. The van der Waals surface area contributed by atoms with Gasteiger partial charge in [-0.15, -0.1) is 10.2 Å². The second kappa shape index (κ2) is 4.60. The summed E-state index contributed by atoms with van der Waals surface area (Å²) in [7, 11) is 0. The van der Waals surface area contributed by atoms with Gasteiger partial charge in [0.15, 0.2) is 0 Å². The number of alkyl halides is 3. The molecule has 84 valence electrons. The first-order valence-electron chi connectivity index (χ1n) is 4.19. The normalized spacial score (nSPS) is 11.0. The molecule has 0 spiro atoms. The van der Waals surface area contributed by atoms with E-state index in [0.717, 1.165) is 0 Å². The molecule has 0 amide bonds. The molecule has 0 saturated heterocycles. The Balaban J connectivity index is 2.28. The third-order valence-electron chi connectivity index (χ3n) is 1.70. The highest BCUT2D eigenvalue weighted by molar-refractivity contribution is 9.08. The van der Waals surface area contributed by atoms with Crippen LogP contribution in [-0.2, 0) is 5.33 Å². The van der Waals surface area contributed by atoms with Gasteiger partial charge in [0.2, 0.25) is 0 Å². The standard InChI is InChI=1S/C8H5BrF2N4O/c9-1-5-12-2-4(3-13-5)7-14-15-8(16-7)6(10)11/h2-3,6H,1H2. The smallest absolute Gasteiger partial charge is 0.314 e. The van der Waals surface area contributed by atoms with Crippen molar-refractivity contribution in [3.8, 4) is 11.5 Å². The molecule has 8 heteroatoms. The Hall–Kier alpha value is -1.44. The minimum absolute atomic E-state index is 0.0172. The maximum atomic E-state index is 12.2. The van der Waals surface area contributed by atoms with Gasteiger partial charge in [0.25, 0.3) is 11.8 Å². The fourth-order valence-electron chi connectivity index (χ4n) is 0.974. The van der Waals surface area contributed by atoms with Crippen molar-refractivity contribution in [2.45, 2.75) is 11.8 Å². The predicted molar refractivity (Wildman–Crippen MR) is 52.9 cm³/mol. The van der Waals surface area contributed by atoms with Crippen LogP contribution in [0.5, 0.6) is 0 Å². The van der Waals surface area contributed by atoms with Gasteiger partial charge in [-0.25, -0.2) is 9.97 Å². The lowest BCUT2D eigenvalue weighted by atomic mass is 10.3. The summed E-state index contributed by atoms with van der Waals surface area (Å²) in [5.74, 6) is -0.145. The van der Waals surface area contributed by atoms with E-state index in [9.17, 15) is 8.78 Å². The number of hydrogen-bond acceptors (Lipinski definition) is 5. The molecule has 0 bridgehead atoms. The summed E-state index contributed by atoms with van der Waals surface area (Å²) in [5.41, 5.74) is 0.407. The van der Waals surface area contributed by atoms with Crippen molar-refractivity contribution in [3.05, 3.63) is 24.1 Å². The molecule has 5 nitrogen and oxygen atoms in total. The topological polar surface area (TPSA) is 64.7 Å². The van der Waals surface area contributed by atoms with Gasteiger partial charge in [0.1, 0.15) is 5.82 Å². The van der Waals surface area contributed by atoms with Crippen LogP contribution in [0.3, 0.4) is 0 Å². The van der Waals surface area contributed by atoms with Crippen LogP contribution in [0.1, 0.15) is 18.1 Å². The monoisotopic (exact) mass is 290 g/mol. The van der Waals surface area contributed by atoms with Crippen molar-refractivity contribution in [1.82, 2.24) is 20.2 Å². The van der Waals surface area contributed by atoms with Crippen molar-refractivity contribution in [1.29, 1.82) is 0 Å². The summed E-state index contributed by atoms with van der Waals surface area (Å²) in [5, 5.41) is 7.19. The SMILES string of the molecule is FC(F)c1nnc(-c2cnc(CBr)nc2)o1.